The lowest BCUT2D eigenvalue weighted by Crippen LogP contribution is -2.17. The predicted molar refractivity (Wildman–Crippen MR) is 75.2 cm³/mol. The minimum atomic E-state index is -0.269. The van der Waals surface area contributed by atoms with Crippen molar-refractivity contribution >= 4 is 12.1 Å². The number of hydrogen-bond donors (Lipinski definition) is 1. The summed E-state index contributed by atoms with van der Waals surface area (Å²) in [5, 5.41) is 3.96. The number of aromatic nitrogens is 1. The number of hydrogen-bond acceptors (Lipinski definition) is 3. The van der Waals surface area contributed by atoms with Gasteiger partial charge in [-0.3, -0.25) is 9.78 Å². The zero-order chi connectivity index (χ0) is 13.7. The highest BCUT2D eigenvalue weighted by molar-refractivity contribution is 5.94. The first-order chi connectivity index (χ1) is 9.16. The van der Waals surface area contributed by atoms with E-state index in [9.17, 15) is 4.79 Å². The lowest BCUT2D eigenvalue weighted by Gasteiger charge is -2.02. The summed E-state index contributed by atoms with van der Waals surface area (Å²) in [5.74, 6) is -0.269. The van der Waals surface area contributed by atoms with Crippen LogP contribution in [0.1, 0.15) is 27.0 Å². The van der Waals surface area contributed by atoms with E-state index < -0.39 is 0 Å². The molecule has 2 aromatic rings. The van der Waals surface area contributed by atoms with Crippen LogP contribution >= 0.6 is 0 Å². The van der Waals surface area contributed by atoms with Crippen molar-refractivity contribution in [2.45, 2.75) is 13.8 Å². The van der Waals surface area contributed by atoms with Crippen molar-refractivity contribution in [2.75, 3.05) is 0 Å². The summed E-state index contributed by atoms with van der Waals surface area (Å²) in [4.78, 5) is 15.6. The first-order valence-electron chi connectivity index (χ1n) is 5.97. The molecule has 0 aliphatic heterocycles. The number of nitrogens with zero attached hydrogens (tertiary/aromatic N) is 2. The molecule has 4 nitrogen and oxygen atoms in total. The van der Waals surface area contributed by atoms with Crippen LogP contribution in [0.15, 0.2) is 47.8 Å². The van der Waals surface area contributed by atoms with E-state index in [1.807, 2.05) is 26.0 Å². The second kappa shape index (κ2) is 5.91. The number of carbonyl (C=O) groups excluding carboxylic acids is 1. The first kappa shape index (κ1) is 13.0. The summed E-state index contributed by atoms with van der Waals surface area (Å²) >= 11 is 0. The zero-order valence-corrected chi connectivity index (χ0v) is 10.9. The predicted octanol–water partition coefficient (Wildman–Crippen LogP) is 2.46. The van der Waals surface area contributed by atoms with Gasteiger partial charge >= 0.3 is 0 Å². The highest BCUT2D eigenvalue weighted by Gasteiger charge is 2.02. The Labute approximate surface area is 112 Å². The molecule has 0 aliphatic rings. The number of pyridine rings is 1. The second-order valence-electron chi connectivity index (χ2n) is 4.30. The Bertz CT molecular complexity index is 606. The minimum absolute atomic E-state index is 0.269. The molecule has 1 amide bonds. The lowest BCUT2D eigenvalue weighted by molar-refractivity contribution is 0.0955. The molecule has 2 rings (SSSR count). The topological polar surface area (TPSA) is 54.4 Å². The van der Waals surface area contributed by atoms with Crippen LogP contribution in [0.25, 0.3) is 0 Å². The van der Waals surface area contributed by atoms with Crippen molar-refractivity contribution in [1.82, 2.24) is 10.4 Å². The van der Waals surface area contributed by atoms with Crippen LogP contribution in [0.3, 0.4) is 0 Å². The number of rotatable bonds is 3. The summed E-state index contributed by atoms with van der Waals surface area (Å²) in [6.07, 6.45) is 4.76. The third-order valence-corrected chi connectivity index (χ3v) is 2.72. The van der Waals surface area contributed by atoms with Gasteiger partial charge in [0, 0.05) is 12.4 Å². The molecule has 1 N–H and O–H groups in total. The summed E-state index contributed by atoms with van der Waals surface area (Å²) < 4.78 is 0. The Morgan fingerprint density at radius 1 is 1.32 bits per heavy atom. The van der Waals surface area contributed by atoms with E-state index in [4.69, 9.17) is 0 Å². The Morgan fingerprint density at radius 3 is 2.84 bits per heavy atom. The molecular formula is C15H15N3O. The van der Waals surface area contributed by atoms with Crippen LogP contribution in [-0.2, 0) is 0 Å². The number of nitrogens with one attached hydrogen (secondary N) is 1. The highest BCUT2D eigenvalue weighted by atomic mass is 16.2. The summed E-state index contributed by atoms with van der Waals surface area (Å²) in [6.45, 7) is 4.05. The van der Waals surface area contributed by atoms with Crippen molar-refractivity contribution in [3.8, 4) is 0 Å². The molecule has 0 saturated carbocycles. The van der Waals surface area contributed by atoms with Crippen molar-refractivity contribution in [2.24, 2.45) is 5.10 Å². The molecule has 0 bridgehead atoms. The van der Waals surface area contributed by atoms with E-state index in [1.54, 1.807) is 24.5 Å². The van der Waals surface area contributed by atoms with Crippen LogP contribution in [0.4, 0.5) is 0 Å². The smallest absolute Gasteiger partial charge is 0.267 e. The van der Waals surface area contributed by atoms with Crippen LogP contribution in [0.2, 0.25) is 0 Å². The van der Waals surface area contributed by atoms with E-state index in [1.165, 1.54) is 11.8 Å². The van der Waals surface area contributed by atoms with Gasteiger partial charge in [0.1, 0.15) is 0 Å². The van der Waals surface area contributed by atoms with Gasteiger partial charge in [-0.1, -0.05) is 23.8 Å². The van der Waals surface area contributed by atoms with E-state index >= 15 is 0 Å². The van der Waals surface area contributed by atoms with Crippen LogP contribution in [0, 0.1) is 13.8 Å². The minimum Gasteiger partial charge on any atom is -0.267 e. The maximum atomic E-state index is 11.7. The summed E-state index contributed by atoms with van der Waals surface area (Å²) in [5.41, 5.74) is 6.28. The van der Waals surface area contributed by atoms with Crippen LogP contribution in [0.5, 0.6) is 0 Å². The molecule has 0 fully saturated rings. The molecule has 0 aliphatic carbocycles. The molecule has 0 saturated heterocycles. The quantitative estimate of drug-likeness (QED) is 0.674. The molecule has 1 aromatic heterocycles. The Kier molecular flexibility index (Phi) is 4.03. The van der Waals surface area contributed by atoms with Gasteiger partial charge in [0.25, 0.3) is 5.91 Å². The molecule has 0 spiro atoms. The third-order valence-electron chi connectivity index (χ3n) is 2.72. The maximum Gasteiger partial charge on any atom is 0.272 e. The van der Waals surface area contributed by atoms with Gasteiger partial charge in [0.15, 0.2) is 0 Å². The lowest BCUT2D eigenvalue weighted by atomic mass is 10.1. The van der Waals surface area contributed by atoms with Crippen molar-refractivity contribution < 1.29 is 4.79 Å². The Morgan fingerprint density at radius 2 is 2.16 bits per heavy atom. The summed E-state index contributed by atoms with van der Waals surface area (Å²) in [6, 6.07) is 9.46. The molecule has 0 unspecified atom stereocenters. The van der Waals surface area contributed by atoms with Gasteiger partial charge in [-0.15, -0.1) is 0 Å². The highest BCUT2D eigenvalue weighted by Crippen LogP contribution is 2.07. The molecule has 1 heterocycles. The fraction of sp³-hybridized carbons (Fsp3) is 0.133. The average molecular weight is 253 g/mol. The van der Waals surface area contributed by atoms with Crippen molar-refractivity contribution in [1.29, 1.82) is 0 Å². The molecule has 19 heavy (non-hydrogen) atoms. The molecule has 1 aromatic carbocycles. The standard InChI is InChI=1S/C15H15N3O/c1-11-5-6-13(12(2)8-11)10-17-18-15(19)14-4-3-7-16-9-14/h3-10H,1-2H3,(H,18,19). The molecule has 0 radical (unpaired) electrons. The number of carbonyl (C=O) groups is 1. The summed E-state index contributed by atoms with van der Waals surface area (Å²) in [7, 11) is 0. The molecular weight excluding hydrogens is 238 g/mol. The third kappa shape index (κ3) is 3.48. The Hall–Kier alpha value is -2.49. The van der Waals surface area contributed by atoms with Crippen molar-refractivity contribution in [3.05, 3.63) is 65.0 Å². The van der Waals surface area contributed by atoms with Gasteiger partial charge in [0.2, 0.25) is 0 Å². The van der Waals surface area contributed by atoms with E-state index in [0.717, 1.165) is 11.1 Å². The molecule has 96 valence electrons. The number of benzene rings is 1. The van der Waals surface area contributed by atoms with Crippen LogP contribution < -0.4 is 5.43 Å². The van der Waals surface area contributed by atoms with Gasteiger partial charge in [0.05, 0.1) is 11.8 Å². The molecule has 4 heteroatoms. The largest absolute Gasteiger partial charge is 0.272 e. The van der Waals surface area contributed by atoms with Gasteiger partial charge < -0.3 is 0 Å². The number of hydrazone groups is 1. The van der Waals surface area contributed by atoms with Gasteiger partial charge in [-0.05, 0) is 37.1 Å². The normalized spacial score (nSPS) is 10.6. The van der Waals surface area contributed by atoms with E-state index in [-0.39, 0.29) is 5.91 Å². The number of amides is 1. The maximum absolute atomic E-state index is 11.7. The van der Waals surface area contributed by atoms with E-state index in [2.05, 4.69) is 21.6 Å². The number of aryl methyl sites for hydroxylation is 2. The van der Waals surface area contributed by atoms with Gasteiger partial charge in [-0.25, -0.2) is 5.43 Å². The second-order valence-corrected chi connectivity index (χ2v) is 4.30. The zero-order valence-electron chi connectivity index (χ0n) is 10.9. The SMILES string of the molecule is Cc1ccc(C=NNC(=O)c2cccnc2)c(C)c1. The fourth-order valence-corrected chi connectivity index (χ4v) is 1.69. The fourth-order valence-electron chi connectivity index (χ4n) is 1.69. The molecule has 0 atom stereocenters. The van der Waals surface area contributed by atoms with Crippen LogP contribution in [-0.4, -0.2) is 17.1 Å². The Balaban J connectivity index is 2.02. The average Bonchev–Trinajstić information content (AvgIpc) is 2.42. The monoisotopic (exact) mass is 253 g/mol. The van der Waals surface area contributed by atoms with Crippen molar-refractivity contribution in [3.63, 3.8) is 0 Å². The van der Waals surface area contributed by atoms with Gasteiger partial charge in [-0.2, -0.15) is 5.10 Å². The first-order valence-corrected chi connectivity index (χ1v) is 5.97. The van der Waals surface area contributed by atoms with E-state index in [0.29, 0.717) is 5.56 Å².